The van der Waals surface area contributed by atoms with Crippen molar-refractivity contribution in [1.29, 1.82) is 5.41 Å². The third kappa shape index (κ3) is 2.52. The van der Waals surface area contributed by atoms with Crippen LogP contribution in [0.1, 0.15) is 31.2 Å². The molecule has 6 rings (SSSR count). The first-order valence-electron chi connectivity index (χ1n) is 9.84. The maximum atomic E-state index is 8.70. The largest absolute Gasteiger partial charge is 0.454 e. The minimum atomic E-state index is 0.0317. The Balaban J connectivity index is 1.19. The van der Waals surface area contributed by atoms with E-state index in [4.69, 9.17) is 19.9 Å². The Bertz CT molecular complexity index is 889. The molecule has 0 aromatic heterocycles. The van der Waals surface area contributed by atoms with Gasteiger partial charge in [-0.15, -0.1) is 0 Å². The Morgan fingerprint density at radius 1 is 1.25 bits per heavy atom. The van der Waals surface area contributed by atoms with E-state index in [1.165, 1.54) is 25.7 Å². The SMILES string of the molecule is N=C1C2SC3=NC4CCCCC4N3C2NCN1/N=C/c1ccc2c(c1)OCO2. The summed E-state index contributed by atoms with van der Waals surface area (Å²) in [5.41, 5.74) is 0.924. The highest BCUT2D eigenvalue weighted by atomic mass is 32.2. The summed E-state index contributed by atoms with van der Waals surface area (Å²) in [4.78, 5) is 7.42. The number of nitrogens with one attached hydrogen (secondary N) is 2. The van der Waals surface area contributed by atoms with Gasteiger partial charge in [-0.2, -0.15) is 5.10 Å². The van der Waals surface area contributed by atoms with E-state index in [2.05, 4.69) is 15.3 Å². The first kappa shape index (κ1) is 16.7. The van der Waals surface area contributed by atoms with Crippen LogP contribution < -0.4 is 14.8 Å². The van der Waals surface area contributed by atoms with Crippen molar-refractivity contribution >= 4 is 29.0 Å². The molecule has 28 heavy (non-hydrogen) atoms. The lowest BCUT2D eigenvalue weighted by Gasteiger charge is -2.40. The van der Waals surface area contributed by atoms with Crippen LogP contribution in [0.3, 0.4) is 0 Å². The average molecular weight is 398 g/mol. The van der Waals surface area contributed by atoms with Gasteiger partial charge in [0.1, 0.15) is 17.3 Å². The normalized spacial score (nSPS) is 33.1. The van der Waals surface area contributed by atoms with Crippen molar-refractivity contribution in [3.8, 4) is 11.5 Å². The van der Waals surface area contributed by atoms with Gasteiger partial charge in [-0.25, -0.2) is 5.01 Å². The van der Waals surface area contributed by atoms with Crippen LogP contribution >= 0.6 is 11.8 Å². The number of hydrazone groups is 1. The fraction of sp³-hybridized carbons (Fsp3) is 0.526. The van der Waals surface area contributed by atoms with E-state index in [-0.39, 0.29) is 18.2 Å². The molecule has 4 aliphatic heterocycles. The zero-order chi connectivity index (χ0) is 18.7. The van der Waals surface area contributed by atoms with Gasteiger partial charge in [0.05, 0.1) is 25.0 Å². The fourth-order valence-electron chi connectivity index (χ4n) is 4.71. The molecule has 4 heterocycles. The fourth-order valence-corrected chi connectivity index (χ4v) is 6.10. The second-order valence-electron chi connectivity index (χ2n) is 7.73. The molecule has 0 spiro atoms. The minimum Gasteiger partial charge on any atom is -0.454 e. The monoisotopic (exact) mass is 398 g/mol. The molecular formula is C19H22N6O2S. The molecule has 5 aliphatic rings. The highest BCUT2D eigenvalue weighted by Crippen LogP contribution is 2.43. The number of rotatable bonds is 2. The van der Waals surface area contributed by atoms with Gasteiger partial charge in [-0.05, 0) is 36.6 Å². The van der Waals surface area contributed by atoms with Crippen molar-refractivity contribution in [2.24, 2.45) is 10.1 Å². The first-order chi connectivity index (χ1) is 13.8. The number of benzene rings is 1. The molecule has 1 aromatic carbocycles. The molecule has 9 heteroatoms. The van der Waals surface area contributed by atoms with E-state index in [1.54, 1.807) is 23.0 Å². The summed E-state index contributed by atoms with van der Waals surface area (Å²) in [5, 5.41) is 19.7. The van der Waals surface area contributed by atoms with E-state index >= 15 is 0 Å². The van der Waals surface area contributed by atoms with Crippen LogP contribution in [-0.4, -0.2) is 64.1 Å². The highest BCUT2D eigenvalue weighted by Gasteiger charge is 2.52. The number of fused-ring (bicyclic) bond motifs is 6. The van der Waals surface area contributed by atoms with E-state index in [0.29, 0.717) is 24.6 Å². The van der Waals surface area contributed by atoms with Crippen LogP contribution in [0.2, 0.25) is 0 Å². The van der Waals surface area contributed by atoms with Gasteiger partial charge < -0.3 is 14.4 Å². The van der Waals surface area contributed by atoms with Gasteiger partial charge in [0, 0.05) is 0 Å². The van der Waals surface area contributed by atoms with Gasteiger partial charge in [0.2, 0.25) is 6.79 Å². The van der Waals surface area contributed by atoms with Crippen LogP contribution in [-0.2, 0) is 0 Å². The molecule has 1 aliphatic carbocycles. The first-order valence-corrected chi connectivity index (χ1v) is 10.7. The molecule has 2 N–H and O–H groups in total. The lowest BCUT2D eigenvalue weighted by molar-refractivity contribution is 0.156. The van der Waals surface area contributed by atoms with E-state index < -0.39 is 0 Å². The molecule has 3 fully saturated rings. The maximum Gasteiger partial charge on any atom is 0.231 e. The number of aliphatic imine (C=N–C) groups is 1. The number of hydrogen-bond acceptors (Lipinski definition) is 8. The molecule has 1 saturated carbocycles. The van der Waals surface area contributed by atoms with Crippen molar-refractivity contribution < 1.29 is 9.47 Å². The number of thioether (sulfide) groups is 1. The lowest BCUT2D eigenvalue weighted by atomic mass is 9.90. The standard InChI is InChI=1S/C19H22N6O2S/c20-17-16-18(25-13-4-2-1-3-12(13)23-19(25)28-16)21-9-24(17)22-8-11-5-6-14-15(7-11)27-10-26-14/h5-8,12-13,16,18,20-21H,1-4,9-10H2/b20-17?,22-8+. The topological polar surface area (TPSA) is 85.5 Å². The summed E-state index contributed by atoms with van der Waals surface area (Å²) in [6.45, 7) is 0.794. The smallest absolute Gasteiger partial charge is 0.231 e. The Labute approximate surface area is 167 Å². The number of hydrogen-bond donors (Lipinski definition) is 2. The third-order valence-corrected chi connectivity index (χ3v) is 7.37. The van der Waals surface area contributed by atoms with Crippen LogP contribution in [0, 0.1) is 5.41 Å². The summed E-state index contributed by atoms with van der Waals surface area (Å²) in [6.07, 6.45) is 6.91. The van der Waals surface area contributed by atoms with Crippen molar-refractivity contribution in [3.05, 3.63) is 23.8 Å². The summed E-state index contributed by atoms with van der Waals surface area (Å²) < 4.78 is 10.8. The second kappa shape index (κ2) is 6.38. The molecule has 4 atom stereocenters. The molecule has 4 unspecified atom stereocenters. The van der Waals surface area contributed by atoms with Crippen LogP contribution in [0.15, 0.2) is 28.3 Å². The third-order valence-electron chi connectivity index (χ3n) is 6.11. The van der Waals surface area contributed by atoms with Crippen molar-refractivity contribution in [2.75, 3.05) is 13.5 Å². The second-order valence-corrected chi connectivity index (χ2v) is 8.83. The van der Waals surface area contributed by atoms with Gasteiger partial charge in [-0.1, -0.05) is 24.6 Å². The summed E-state index contributed by atoms with van der Waals surface area (Å²) in [7, 11) is 0. The quantitative estimate of drug-likeness (QED) is 0.742. The van der Waals surface area contributed by atoms with Gasteiger partial charge in [0.25, 0.3) is 0 Å². The van der Waals surface area contributed by atoms with Crippen molar-refractivity contribution in [2.45, 2.75) is 49.2 Å². The van der Waals surface area contributed by atoms with E-state index in [1.807, 2.05) is 18.2 Å². The molecule has 2 saturated heterocycles. The lowest BCUT2D eigenvalue weighted by Crippen LogP contribution is -2.62. The summed E-state index contributed by atoms with van der Waals surface area (Å²) in [6, 6.07) is 6.71. The molecule has 0 amide bonds. The average Bonchev–Trinajstić information content (AvgIpc) is 3.40. The number of ether oxygens (including phenoxy) is 2. The van der Waals surface area contributed by atoms with Crippen LogP contribution in [0.5, 0.6) is 11.5 Å². The minimum absolute atomic E-state index is 0.0317. The van der Waals surface area contributed by atoms with Crippen molar-refractivity contribution in [1.82, 2.24) is 15.2 Å². The predicted molar refractivity (Wildman–Crippen MR) is 108 cm³/mol. The number of nitrogens with zero attached hydrogens (tertiary/aromatic N) is 4. The zero-order valence-electron chi connectivity index (χ0n) is 15.4. The van der Waals surface area contributed by atoms with E-state index in [9.17, 15) is 0 Å². The Hall–Kier alpha value is -2.26. The van der Waals surface area contributed by atoms with Gasteiger partial charge >= 0.3 is 0 Å². The highest BCUT2D eigenvalue weighted by molar-refractivity contribution is 8.15. The summed E-state index contributed by atoms with van der Waals surface area (Å²) >= 11 is 1.72. The molecule has 0 bridgehead atoms. The molecule has 146 valence electrons. The maximum absolute atomic E-state index is 8.70. The molecule has 1 aromatic rings. The van der Waals surface area contributed by atoms with Crippen LogP contribution in [0.4, 0.5) is 0 Å². The molecular weight excluding hydrogens is 376 g/mol. The zero-order valence-corrected chi connectivity index (χ0v) is 16.2. The van der Waals surface area contributed by atoms with Gasteiger partial charge in [-0.3, -0.25) is 15.7 Å². The van der Waals surface area contributed by atoms with Gasteiger partial charge in [0.15, 0.2) is 16.7 Å². The molecule has 8 nitrogen and oxygen atoms in total. The summed E-state index contributed by atoms with van der Waals surface area (Å²) in [5.74, 6) is 2.04. The van der Waals surface area contributed by atoms with E-state index in [0.717, 1.165) is 22.2 Å². The Morgan fingerprint density at radius 3 is 3.11 bits per heavy atom. The Morgan fingerprint density at radius 2 is 2.14 bits per heavy atom. The van der Waals surface area contributed by atoms with Crippen LogP contribution in [0.25, 0.3) is 0 Å². The predicted octanol–water partition coefficient (Wildman–Crippen LogP) is 2.01. The Kier molecular flexibility index (Phi) is 3.80. The number of amidine groups is 2. The van der Waals surface area contributed by atoms with Crippen molar-refractivity contribution in [3.63, 3.8) is 0 Å². The molecule has 0 radical (unpaired) electrons.